The fraction of sp³-hybridized carbons (Fsp3) is 0.462. The maximum atomic E-state index is 11.5. The predicted molar refractivity (Wildman–Crippen MR) is 82.4 cm³/mol. The van der Waals surface area contributed by atoms with Crippen LogP contribution in [0.2, 0.25) is 0 Å². The van der Waals surface area contributed by atoms with E-state index in [1.807, 2.05) is 19.9 Å². The summed E-state index contributed by atoms with van der Waals surface area (Å²) < 4.78 is 18.6. The molecule has 7 nitrogen and oxygen atoms in total. The largest absolute Gasteiger partial charge is 0.494 e. The summed E-state index contributed by atoms with van der Waals surface area (Å²) in [6.07, 6.45) is 0. The summed E-state index contributed by atoms with van der Waals surface area (Å²) in [5.74, 6) is 2.43. The highest BCUT2D eigenvalue weighted by molar-refractivity contribution is 7.84. The minimum atomic E-state index is -0.854. The molecule has 21 heavy (non-hydrogen) atoms. The van der Waals surface area contributed by atoms with Gasteiger partial charge >= 0.3 is 0 Å². The van der Waals surface area contributed by atoms with Crippen molar-refractivity contribution in [2.24, 2.45) is 0 Å². The van der Waals surface area contributed by atoms with Gasteiger partial charge in [-0.1, -0.05) is 6.92 Å². The number of rotatable bonds is 7. The van der Waals surface area contributed by atoms with Crippen molar-refractivity contribution in [1.29, 1.82) is 0 Å². The predicted octanol–water partition coefficient (Wildman–Crippen LogP) is 1.09. The molecular weight excluding hydrogens is 290 g/mol. The topological polar surface area (TPSA) is 95.9 Å². The van der Waals surface area contributed by atoms with Gasteiger partial charge in [-0.05, 0) is 29.5 Å². The summed E-state index contributed by atoms with van der Waals surface area (Å²) in [5.41, 5.74) is 7.25. The number of tetrazole rings is 1. The Bertz CT molecular complexity index is 629. The van der Waals surface area contributed by atoms with Gasteiger partial charge in [-0.25, -0.2) is 4.68 Å². The second-order valence-electron chi connectivity index (χ2n) is 4.38. The first-order chi connectivity index (χ1) is 10.1. The number of nitrogen functional groups attached to an aromatic ring is 1. The highest BCUT2D eigenvalue weighted by Gasteiger charge is 2.11. The number of aryl methyl sites for hydroxylation is 1. The number of aromatic nitrogens is 4. The minimum Gasteiger partial charge on any atom is -0.494 e. The van der Waals surface area contributed by atoms with Crippen molar-refractivity contribution in [3.8, 4) is 17.1 Å². The second kappa shape index (κ2) is 7.16. The van der Waals surface area contributed by atoms with Gasteiger partial charge in [0.2, 0.25) is 0 Å². The van der Waals surface area contributed by atoms with Crippen molar-refractivity contribution in [3.63, 3.8) is 0 Å². The van der Waals surface area contributed by atoms with Gasteiger partial charge in [0.15, 0.2) is 5.82 Å². The summed E-state index contributed by atoms with van der Waals surface area (Å²) in [5, 5.41) is 11.7. The third-order valence-corrected chi connectivity index (χ3v) is 4.16. The number of anilines is 1. The highest BCUT2D eigenvalue weighted by Crippen LogP contribution is 2.25. The SMILES string of the molecule is CCOc1cc(N)cc(-c2nnnn2CCS(=O)CC)c1. The number of hydrogen-bond acceptors (Lipinski definition) is 6. The molecule has 0 radical (unpaired) electrons. The van der Waals surface area contributed by atoms with Crippen LogP contribution >= 0.6 is 0 Å². The maximum Gasteiger partial charge on any atom is 0.182 e. The van der Waals surface area contributed by atoms with Crippen LogP contribution in [0.25, 0.3) is 11.4 Å². The summed E-state index contributed by atoms with van der Waals surface area (Å²) in [6, 6.07) is 5.40. The lowest BCUT2D eigenvalue weighted by Crippen LogP contribution is -2.11. The van der Waals surface area contributed by atoms with Crippen molar-refractivity contribution in [2.75, 3.05) is 23.8 Å². The Morgan fingerprint density at radius 2 is 2.14 bits per heavy atom. The van der Waals surface area contributed by atoms with E-state index in [0.717, 1.165) is 5.56 Å². The molecule has 0 amide bonds. The summed E-state index contributed by atoms with van der Waals surface area (Å²) in [6.45, 7) is 4.86. The Balaban J connectivity index is 2.26. The van der Waals surface area contributed by atoms with Crippen LogP contribution in [-0.4, -0.2) is 42.5 Å². The van der Waals surface area contributed by atoms with Crippen LogP contribution in [0.4, 0.5) is 5.69 Å². The molecule has 0 aliphatic heterocycles. The van der Waals surface area contributed by atoms with Gasteiger partial charge in [0.05, 0.1) is 13.2 Å². The van der Waals surface area contributed by atoms with E-state index in [2.05, 4.69) is 15.5 Å². The van der Waals surface area contributed by atoms with Crippen molar-refractivity contribution in [1.82, 2.24) is 20.2 Å². The zero-order valence-corrected chi connectivity index (χ0v) is 13.0. The molecule has 0 bridgehead atoms. The molecule has 2 aromatic rings. The molecule has 0 fully saturated rings. The van der Waals surface area contributed by atoms with E-state index in [0.29, 0.717) is 41.9 Å². The average molecular weight is 309 g/mol. The molecule has 114 valence electrons. The third kappa shape index (κ3) is 4.01. The lowest BCUT2D eigenvalue weighted by atomic mass is 10.2. The van der Waals surface area contributed by atoms with E-state index >= 15 is 0 Å². The fourth-order valence-electron chi connectivity index (χ4n) is 1.90. The first-order valence-corrected chi connectivity index (χ1v) is 8.27. The van der Waals surface area contributed by atoms with Crippen molar-refractivity contribution in [2.45, 2.75) is 20.4 Å². The Morgan fingerprint density at radius 1 is 1.33 bits per heavy atom. The Morgan fingerprint density at radius 3 is 2.86 bits per heavy atom. The molecule has 2 N–H and O–H groups in total. The zero-order valence-electron chi connectivity index (χ0n) is 12.2. The second-order valence-corrected chi connectivity index (χ2v) is 6.25. The van der Waals surface area contributed by atoms with Gasteiger partial charge in [0.1, 0.15) is 5.75 Å². The molecule has 2 rings (SSSR count). The Hall–Kier alpha value is -1.96. The summed E-state index contributed by atoms with van der Waals surface area (Å²) in [4.78, 5) is 0. The maximum absolute atomic E-state index is 11.5. The molecule has 1 unspecified atom stereocenters. The van der Waals surface area contributed by atoms with Crippen LogP contribution in [0.3, 0.4) is 0 Å². The van der Waals surface area contributed by atoms with Gasteiger partial charge in [-0.15, -0.1) is 5.10 Å². The minimum absolute atomic E-state index is 0.502. The normalized spacial score (nSPS) is 12.3. The van der Waals surface area contributed by atoms with Gasteiger partial charge in [-0.3, -0.25) is 4.21 Å². The molecular formula is C13H19N5O2S. The van der Waals surface area contributed by atoms with E-state index in [9.17, 15) is 4.21 Å². The lowest BCUT2D eigenvalue weighted by Gasteiger charge is -2.08. The molecule has 0 saturated heterocycles. The number of benzene rings is 1. The summed E-state index contributed by atoms with van der Waals surface area (Å²) in [7, 11) is -0.854. The Kier molecular flexibility index (Phi) is 5.26. The van der Waals surface area contributed by atoms with E-state index in [1.54, 1.807) is 16.8 Å². The van der Waals surface area contributed by atoms with Crippen LogP contribution < -0.4 is 10.5 Å². The van der Waals surface area contributed by atoms with Crippen LogP contribution in [-0.2, 0) is 17.3 Å². The molecule has 1 atom stereocenters. The molecule has 1 aromatic carbocycles. The number of ether oxygens (including phenoxy) is 1. The monoisotopic (exact) mass is 309 g/mol. The average Bonchev–Trinajstić information content (AvgIpc) is 2.93. The number of nitrogens with zero attached hydrogens (tertiary/aromatic N) is 4. The van der Waals surface area contributed by atoms with Crippen molar-refractivity contribution < 1.29 is 8.95 Å². The highest BCUT2D eigenvalue weighted by atomic mass is 32.2. The zero-order chi connectivity index (χ0) is 15.2. The number of hydrogen-bond donors (Lipinski definition) is 1. The first-order valence-electron chi connectivity index (χ1n) is 6.79. The Labute approximate surface area is 125 Å². The first kappa shape index (κ1) is 15.4. The standard InChI is InChI=1S/C13H19N5O2S/c1-3-20-12-8-10(7-11(14)9-12)13-15-16-17-18(13)5-6-21(19)4-2/h7-9H,3-6,14H2,1-2H3. The smallest absolute Gasteiger partial charge is 0.182 e. The quantitative estimate of drug-likeness (QED) is 0.769. The van der Waals surface area contributed by atoms with Crippen molar-refractivity contribution >= 4 is 16.5 Å². The van der Waals surface area contributed by atoms with E-state index in [-0.39, 0.29) is 0 Å². The molecule has 0 aliphatic carbocycles. The molecule has 1 aromatic heterocycles. The van der Waals surface area contributed by atoms with Crippen LogP contribution in [0.15, 0.2) is 18.2 Å². The van der Waals surface area contributed by atoms with Crippen LogP contribution in [0.1, 0.15) is 13.8 Å². The van der Waals surface area contributed by atoms with Crippen LogP contribution in [0, 0.1) is 0 Å². The molecule has 0 aliphatic rings. The third-order valence-electron chi connectivity index (χ3n) is 2.88. The van der Waals surface area contributed by atoms with E-state index in [1.165, 1.54) is 0 Å². The van der Waals surface area contributed by atoms with E-state index in [4.69, 9.17) is 10.5 Å². The van der Waals surface area contributed by atoms with E-state index < -0.39 is 10.8 Å². The molecule has 8 heteroatoms. The van der Waals surface area contributed by atoms with Gasteiger partial charge < -0.3 is 10.5 Å². The lowest BCUT2D eigenvalue weighted by molar-refractivity contribution is 0.340. The molecule has 0 saturated carbocycles. The van der Waals surface area contributed by atoms with Crippen LogP contribution in [0.5, 0.6) is 5.75 Å². The van der Waals surface area contributed by atoms with Crippen molar-refractivity contribution in [3.05, 3.63) is 18.2 Å². The number of nitrogens with two attached hydrogens (primary N) is 1. The summed E-state index contributed by atoms with van der Waals surface area (Å²) >= 11 is 0. The van der Waals surface area contributed by atoms with Gasteiger partial charge in [-0.2, -0.15) is 0 Å². The fourth-order valence-corrected chi connectivity index (χ4v) is 2.56. The van der Waals surface area contributed by atoms with Gasteiger partial charge in [0.25, 0.3) is 0 Å². The molecule has 1 heterocycles. The molecule has 0 spiro atoms. The van der Waals surface area contributed by atoms with Gasteiger partial charge in [0, 0.05) is 39.6 Å².